The van der Waals surface area contributed by atoms with Crippen LogP contribution in [0.1, 0.15) is 53.9 Å². The number of aliphatic hydroxyl groups is 1. The average molecular weight is 463 g/mol. The highest BCUT2D eigenvalue weighted by Gasteiger charge is 2.26. The lowest BCUT2D eigenvalue weighted by molar-refractivity contribution is 0.0489. The number of hydrogen-bond acceptors (Lipinski definition) is 6. The molecule has 178 valence electrons. The van der Waals surface area contributed by atoms with Gasteiger partial charge in [0.1, 0.15) is 6.10 Å². The third kappa shape index (κ3) is 6.11. The van der Waals surface area contributed by atoms with E-state index in [1.54, 1.807) is 73.9 Å². The van der Waals surface area contributed by atoms with Crippen LogP contribution in [0.5, 0.6) is 0 Å². The molecular formula is C26H30N4O4. The van der Waals surface area contributed by atoms with Gasteiger partial charge in [0.2, 0.25) is 0 Å². The molecule has 2 aromatic carbocycles. The number of rotatable bonds is 9. The largest absolute Gasteiger partial charge is 0.441 e. The van der Waals surface area contributed by atoms with Crippen LogP contribution >= 0.6 is 0 Å². The van der Waals surface area contributed by atoms with Crippen molar-refractivity contribution in [3.8, 4) is 0 Å². The van der Waals surface area contributed by atoms with Gasteiger partial charge in [0.15, 0.2) is 0 Å². The van der Waals surface area contributed by atoms with Gasteiger partial charge in [0, 0.05) is 30.1 Å². The molecular weight excluding hydrogens is 432 g/mol. The van der Waals surface area contributed by atoms with Crippen molar-refractivity contribution in [1.82, 2.24) is 9.88 Å². The number of nitrogens with zero attached hydrogens (tertiary/aromatic N) is 2. The normalized spacial score (nSPS) is 12.4. The second-order valence-corrected chi connectivity index (χ2v) is 7.82. The number of benzene rings is 2. The lowest BCUT2D eigenvalue weighted by Gasteiger charge is -2.31. The average Bonchev–Trinajstić information content (AvgIpc) is 2.86. The minimum Gasteiger partial charge on any atom is -0.441 e. The number of anilines is 2. The highest BCUT2D eigenvalue weighted by Crippen LogP contribution is 2.27. The van der Waals surface area contributed by atoms with Crippen molar-refractivity contribution < 1.29 is 19.4 Å². The van der Waals surface area contributed by atoms with Crippen molar-refractivity contribution in [2.24, 2.45) is 0 Å². The van der Waals surface area contributed by atoms with Gasteiger partial charge in [0.25, 0.3) is 5.91 Å². The number of carbonyl (C=O) groups is 2. The lowest BCUT2D eigenvalue weighted by atomic mass is 10.0. The van der Waals surface area contributed by atoms with Crippen molar-refractivity contribution >= 4 is 23.4 Å². The van der Waals surface area contributed by atoms with Crippen LogP contribution in [0.3, 0.4) is 0 Å². The minimum atomic E-state index is -0.529. The van der Waals surface area contributed by atoms with E-state index in [1.807, 2.05) is 13.0 Å². The molecule has 1 aromatic heterocycles. The molecule has 3 aromatic rings. The topological polar surface area (TPSA) is 118 Å². The van der Waals surface area contributed by atoms with E-state index in [1.165, 1.54) is 4.90 Å². The van der Waals surface area contributed by atoms with Crippen molar-refractivity contribution in [3.63, 3.8) is 0 Å². The molecule has 0 bridgehead atoms. The number of para-hydroxylation sites is 2. The van der Waals surface area contributed by atoms with E-state index in [2.05, 4.69) is 10.3 Å². The molecule has 2 atom stereocenters. The summed E-state index contributed by atoms with van der Waals surface area (Å²) in [6, 6.07) is 17.3. The van der Waals surface area contributed by atoms with E-state index in [0.717, 1.165) is 11.1 Å². The first-order chi connectivity index (χ1) is 16.4. The summed E-state index contributed by atoms with van der Waals surface area (Å²) in [5.41, 5.74) is 9.00. The SMILES string of the molecule is CC[C@@H](c1ccc(C(=O)Nc2ccccc2N)cc1)N(CCO)C(=O)O[C@@H](C)c1cccnc1. The number of amides is 2. The summed E-state index contributed by atoms with van der Waals surface area (Å²) in [6.07, 6.45) is 2.89. The zero-order chi connectivity index (χ0) is 24.5. The Morgan fingerprint density at radius 2 is 1.82 bits per heavy atom. The first kappa shape index (κ1) is 24.7. The van der Waals surface area contributed by atoms with Crippen molar-refractivity contribution in [1.29, 1.82) is 0 Å². The quantitative estimate of drug-likeness (QED) is 0.401. The Kier molecular flexibility index (Phi) is 8.59. The monoisotopic (exact) mass is 462 g/mol. The van der Waals surface area contributed by atoms with E-state index in [-0.39, 0.29) is 25.1 Å². The van der Waals surface area contributed by atoms with Crippen LogP contribution in [-0.2, 0) is 4.74 Å². The molecule has 0 spiro atoms. The fraction of sp³-hybridized carbons (Fsp3) is 0.269. The Balaban J connectivity index is 1.73. The Hall–Kier alpha value is -3.91. The number of carbonyl (C=O) groups excluding carboxylic acids is 2. The molecule has 0 aliphatic heterocycles. The summed E-state index contributed by atoms with van der Waals surface area (Å²) in [5, 5.41) is 12.4. The van der Waals surface area contributed by atoms with Gasteiger partial charge >= 0.3 is 6.09 Å². The second kappa shape index (κ2) is 11.8. The van der Waals surface area contributed by atoms with Crippen molar-refractivity contribution in [2.45, 2.75) is 32.4 Å². The number of nitrogens with one attached hydrogen (secondary N) is 1. The fourth-order valence-corrected chi connectivity index (χ4v) is 3.68. The van der Waals surface area contributed by atoms with Crippen LogP contribution in [0.4, 0.5) is 16.2 Å². The van der Waals surface area contributed by atoms with E-state index < -0.39 is 12.2 Å². The van der Waals surface area contributed by atoms with Gasteiger partial charge in [-0.3, -0.25) is 14.7 Å². The van der Waals surface area contributed by atoms with Gasteiger partial charge in [-0.15, -0.1) is 0 Å². The van der Waals surface area contributed by atoms with Crippen LogP contribution in [-0.4, -0.2) is 40.1 Å². The van der Waals surface area contributed by atoms with Gasteiger partial charge in [0.05, 0.1) is 24.0 Å². The molecule has 3 rings (SSSR count). The Labute approximate surface area is 199 Å². The van der Waals surface area contributed by atoms with Crippen LogP contribution in [0.15, 0.2) is 73.1 Å². The molecule has 8 nitrogen and oxygen atoms in total. The first-order valence-corrected chi connectivity index (χ1v) is 11.2. The smallest absolute Gasteiger partial charge is 0.410 e. The summed E-state index contributed by atoms with van der Waals surface area (Å²) in [5.74, 6) is -0.283. The molecule has 0 saturated carbocycles. The Morgan fingerprint density at radius 3 is 2.44 bits per heavy atom. The molecule has 0 radical (unpaired) electrons. The predicted octanol–water partition coefficient (Wildman–Crippen LogP) is 4.56. The lowest BCUT2D eigenvalue weighted by Crippen LogP contribution is -2.37. The molecule has 1 heterocycles. The molecule has 8 heteroatoms. The fourth-order valence-electron chi connectivity index (χ4n) is 3.68. The maximum atomic E-state index is 13.0. The number of ether oxygens (including phenoxy) is 1. The van der Waals surface area contributed by atoms with E-state index in [0.29, 0.717) is 23.4 Å². The number of hydrogen-bond donors (Lipinski definition) is 3. The van der Waals surface area contributed by atoms with Crippen LogP contribution < -0.4 is 11.1 Å². The number of aliphatic hydroxyl groups excluding tert-OH is 1. The third-order valence-corrected chi connectivity index (χ3v) is 5.54. The van der Waals surface area contributed by atoms with Crippen LogP contribution in [0.2, 0.25) is 0 Å². The molecule has 2 amide bonds. The molecule has 4 N–H and O–H groups in total. The van der Waals surface area contributed by atoms with Gasteiger partial charge in [-0.25, -0.2) is 4.79 Å². The predicted molar refractivity (Wildman–Crippen MR) is 131 cm³/mol. The third-order valence-electron chi connectivity index (χ3n) is 5.54. The van der Waals surface area contributed by atoms with Crippen molar-refractivity contribution in [2.75, 3.05) is 24.2 Å². The van der Waals surface area contributed by atoms with E-state index in [9.17, 15) is 14.7 Å². The summed E-state index contributed by atoms with van der Waals surface area (Å²) < 4.78 is 5.65. The highest BCUT2D eigenvalue weighted by atomic mass is 16.6. The standard InChI is InChI=1S/C26H30N4O4/c1-3-24(30(15-16-31)26(33)34-18(2)21-7-6-14-28-17-21)19-10-12-20(13-11-19)25(32)29-23-9-5-4-8-22(23)27/h4-14,17-18,24,31H,3,15-16,27H2,1-2H3,(H,29,32)/t18-,24-/m0/s1. The number of nitrogens with two attached hydrogens (primary N) is 1. The molecule has 34 heavy (non-hydrogen) atoms. The summed E-state index contributed by atoms with van der Waals surface area (Å²) in [4.78, 5) is 31.2. The number of nitrogen functional groups attached to an aromatic ring is 1. The molecule has 0 aliphatic carbocycles. The zero-order valence-corrected chi connectivity index (χ0v) is 19.3. The van der Waals surface area contributed by atoms with E-state index in [4.69, 9.17) is 10.5 Å². The molecule has 0 saturated heterocycles. The summed E-state index contributed by atoms with van der Waals surface area (Å²) in [7, 11) is 0. The zero-order valence-electron chi connectivity index (χ0n) is 19.3. The van der Waals surface area contributed by atoms with E-state index >= 15 is 0 Å². The van der Waals surface area contributed by atoms with Crippen molar-refractivity contribution in [3.05, 3.63) is 89.7 Å². The maximum Gasteiger partial charge on any atom is 0.410 e. The first-order valence-electron chi connectivity index (χ1n) is 11.2. The van der Waals surface area contributed by atoms with Crippen LogP contribution in [0.25, 0.3) is 0 Å². The minimum absolute atomic E-state index is 0.118. The van der Waals surface area contributed by atoms with Gasteiger partial charge in [-0.2, -0.15) is 0 Å². The van der Waals surface area contributed by atoms with Crippen LogP contribution in [0, 0.1) is 0 Å². The summed E-state index contributed by atoms with van der Waals surface area (Å²) in [6.45, 7) is 3.64. The Bertz CT molecular complexity index is 1090. The summed E-state index contributed by atoms with van der Waals surface area (Å²) >= 11 is 0. The number of pyridine rings is 1. The van der Waals surface area contributed by atoms with Gasteiger partial charge in [-0.1, -0.05) is 37.3 Å². The number of aromatic nitrogens is 1. The molecule has 0 unspecified atom stereocenters. The highest BCUT2D eigenvalue weighted by molar-refractivity contribution is 6.05. The van der Waals surface area contributed by atoms with Gasteiger partial charge < -0.3 is 20.9 Å². The molecule has 0 fully saturated rings. The van der Waals surface area contributed by atoms with Gasteiger partial charge in [-0.05, 0) is 49.2 Å². The maximum absolute atomic E-state index is 13.0. The second-order valence-electron chi connectivity index (χ2n) is 7.82. The Morgan fingerprint density at radius 1 is 1.09 bits per heavy atom. The molecule has 0 aliphatic rings.